The molecule has 0 spiro atoms. The van der Waals surface area contributed by atoms with Crippen molar-refractivity contribution in [3.05, 3.63) is 100 Å². The third kappa shape index (κ3) is 8.10. The number of rotatable bonds is 13. The van der Waals surface area contributed by atoms with E-state index in [1.165, 1.54) is 71.6 Å². The van der Waals surface area contributed by atoms with E-state index in [0.29, 0.717) is 12.1 Å². The zero-order valence-corrected chi connectivity index (χ0v) is 23.9. The lowest BCUT2D eigenvalue weighted by molar-refractivity contribution is -0.384. The van der Waals surface area contributed by atoms with Crippen LogP contribution in [-0.4, -0.2) is 49.2 Å². The second-order valence-corrected chi connectivity index (χ2v) is 11.7. The molecule has 2 amide bonds. The molecule has 41 heavy (non-hydrogen) atoms. The number of carbonyl (C=O) groups excluding carboxylic acids is 2. The van der Waals surface area contributed by atoms with Crippen LogP contribution in [0, 0.1) is 21.8 Å². The maximum absolute atomic E-state index is 14.0. The molecule has 1 atom stereocenters. The van der Waals surface area contributed by atoms with Gasteiger partial charge in [0.2, 0.25) is 11.8 Å². The minimum absolute atomic E-state index is 0.0876. The lowest BCUT2D eigenvalue weighted by Gasteiger charge is -2.33. The highest BCUT2D eigenvalue weighted by atomic mass is 32.2. The van der Waals surface area contributed by atoms with Crippen LogP contribution in [0.15, 0.2) is 83.8 Å². The van der Waals surface area contributed by atoms with Crippen LogP contribution in [0.25, 0.3) is 0 Å². The molecule has 10 nitrogen and oxygen atoms in total. The second kappa shape index (κ2) is 13.8. The molecule has 0 aliphatic heterocycles. The van der Waals surface area contributed by atoms with Crippen LogP contribution in [0.4, 0.5) is 15.8 Å². The van der Waals surface area contributed by atoms with Gasteiger partial charge in [-0.15, -0.1) is 0 Å². The van der Waals surface area contributed by atoms with Crippen molar-refractivity contribution in [2.24, 2.45) is 5.92 Å². The molecule has 1 unspecified atom stereocenters. The largest absolute Gasteiger partial charge is 0.354 e. The zero-order valence-electron chi connectivity index (χ0n) is 23.1. The Morgan fingerprint density at radius 2 is 1.66 bits per heavy atom. The molecule has 218 valence electrons. The van der Waals surface area contributed by atoms with Crippen LogP contribution in [0.2, 0.25) is 0 Å². The van der Waals surface area contributed by atoms with Crippen molar-refractivity contribution in [3.63, 3.8) is 0 Å². The molecular weight excluding hydrogens is 551 g/mol. The number of hydrogen-bond donors (Lipinski definition) is 1. The van der Waals surface area contributed by atoms with Gasteiger partial charge in [-0.1, -0.05) is 57.2 Å². The van der Waals surface area contributed by atoms with Crippen molar-refractivity contribution < 1.29 is 27.3 Å². The van der Waals surface area contributed by atoms with Gasteiger partial charge in [0.15, 0.2) is 0 Å². The molecule has 0 heterocycles. The lowest BCUT2D eigenvalue weighted by Crippen LogP contribution is -2.52. The Kier molecular flexibility index (Phi) is 10.5. The molecule has 3 aromatic rings. The predicted molar refractivity (Wildman–Crippen MR) is 153 cm³/mol. The Morgan fingerprint density at radius 3 is 2.24 bits per heavy atom. The Bertz CT molecular complexity index is 1470. The molecule has 0 aliphatic carbocycles. The predicted octanol–water partition coefficient (Wildman–Crippen LogP) is 4.51. The molecule has 0 saturated carbocycles. The van der Waals surface area contributed by atoms with E-state index in [0.717, 1.165) is 10.4 Å². The molecule has 0 radical (unpaired) electrons. The molecule has 1 N–H and O–H groups in total. The average molecular weight is 585 g/mol. The fourth-order valence-electron chi connectivity index (χ4n) is 4.14. The maximum atomic E-state index is 14.0. The molecule has 0 aromatic heterocycles. The normalized spacial score (nSPS) is 12.0. The SMILES string of the molecule is CCC(C(=O)NCC(C)C)N(Cc1ccc(F)cc1)C(=O)CN(c1cccc([N+](=O)[O-])c1)S(=O)(=O)c1ccccc1. The molecule has 3 rings (SSSR count). The average Bonchev–Trinajstić information content (AvgIpc) is 2.96. The quantitative estimate of drug-likeness (QED) is 0.232. The number of nitrogens with zero attached hydrogens (tertiary/aromatic N) is 3. The van der Waals surface area contributed by atoms with Gasteiger partial charge in [0.05, 0.1) is 15.5 Å². The first-order valence-electron chi connectivity index (χ1n) is 13.1. The van der Waals surface area contributed by atoms with Gasteiger partial charge < -0.3 is 10.2 Å². The molecule has 0 aliphatic rings. The third-order valence-electron chi connectivity index (χ3n) is 6.28. The summed E-state index contributed by atoms with van der Waals surface area (Å²) in [5.41, 5.74) is 0.0870. The van der Waals surface area contributed by atoms with Gasteiger partial charge in [-0.25, -0.2) is 12.8 Å². The number of nitro benzene ring substituents is 1. The Labute approximate surface area is 239 Å². The number of benzene rings is 3. The van der Waals surface area contributed by atoms with E-state index >= 15 is 0 Å². The van der Waals surface area contributed by atoms with Crippen LogP contribution in [0.5, 0.6) is 0 Å². The van der Waals surface area contributed by atoms with Crippen molar-refractivity contribution in [2.75, 3.05) is 17.4 Å². The van der Waals surface area contributed by atoms with E-state index in [9.17, 15) is 32.5 Å². The molecule has 3 aromatic carbocycles. The summed E-state index contributed by atoms with van der Waals surface area (Å²) in [5.74, 6) is -1.45. The molecule has 0 bridgehead atoms. The number of hydrogen-bond acceptors (Lipinski definition) is 6. The van der Waals surface area contributed by atoms with Gasteiger partial charge in [-0.05, 0) is 48.2 Å². The van der Waals surface area contributed by atoms with Crippen molar-refractivity contribution in [3.8, 4) is 0 Å². The maximum Gasteiger partial charge on any atom is 0.271 e. The summed E-state index contributed by atoms with van der Waals surface area (Å²) in [6.07, 6.45) is 0.221. The molecule has 0 saturated heterocycles. The van der Waals surface area contributed by atoms with Gasteiger partial charge in [0.1, 0.15) is 18.4 Å². The number of amides is 2. The van der Waals surface area contributed by atoms with Gasteiger partial charge in [-0.2, -0.15) is 0 Å². The van der Waals surface area contributed by atoms with Crippen LogP contribution in [-0.2, 0) is 26.2 Å². The van der Waals surface area contributed by atoms with Gasteiger partial charge in [0, 0.05) is 25.2 Å². The minimum atomic E-state index is -4.36. The standard InChI is InChI=1S/C29H33FN4O6S/c1-4-27(29(36)31-18-21(2)3)32(19-22-13-15-23(30)16-14-22)28(35)20-33(24-9-8-10-25(17-24)34(37)38)41(39,40)26-11-6-5-7-12-26/h5-17,21,27H,4,18-20H2,1-3H3,(H,31,36). The minimum Gasteiger partial charge on any atom is -0.354 e. The summed E-state index contributed by atoms with van der Waals surface area (Å²) >= 11 is 0. The highest BCUT2D eigenvalue weighted by Crippen LogP contribution is 2.27. The van der Waals surface area contributed by atoms with Gasteiger partial charge in [-0.3, -0.25) is 24.0 Å². The number of sulfonamides is 1. The Morgan fingerprint density at radius 1 is 1.00 bits per heavy atom. The monoisotopic (exact) mass is 584 g/mol. The topological polar surface area (TPSA) is 130 Å². The highest BCUT2D eigenvalue weighted by molar-refractivity contribution is 7.92. The van der Waals surface area contributed by atoms with Gasteiger partial charge >= 0.3 is 0 Å². The first-order valence-corrected chi connectivity index (χ1v) is 14.5. The summed E-state index contributed by atoms with van der Waals surface area (Å²) < 4.78 is 42.0. The second-order valence-electron chi connectivity index (χ2n) is 9.81. The van der Waals surface area contributed by atoms with Crippen LogP contribution in [0.3, 0.4) is 0 Å². The van der Waals surface area contributed by atoms with E-state index in [4.69, 9.17) is 0 Å². The van der Waals surface area contributed by atoms with Crippen LogP contribution < -0.4 is 9.62 Å². The number of carbonyl (C=O) groups is 2. The van der Waals surface area contributed by atoms with E-state index in [1.807, 2.05) is 13.8 Å². The van der Waals surface area contributed by atoms with Crippen LogP contribution in [0.1, 0.15) is 32.8 Å². The highest BCUT2D eigenvalue weighted by Gasteiger charge is 2.34. The summed E-state index contributed by atoms with van der Waals surface area (Å²) in [7, 11) is -4.36. The third-order valence-corrected chi connectivity index (χ3v) is 8.06. The number of anilines is 1. The molecular formula is C29H33FN4O6S. The van der Waals surface area contributed by atoms with Crippen molar-refractivity contribution in [1.82, 2.24) is 10.2 Å². The summed E-state index contributed by atoms with van der Waals surface area (Å²) in [5, 5.41) is 14.3. The summed E-state index contributed by atoms with van der Waals surface area (Å²) in [4.78, 5) is 39.1. The van der Waals surface area contributed by atoms with Crippen molar-refractivity contribution in [2.45, 2.75) is 44.7 Å². The van der Waals surface area contributed by atoms with Gasteiger partial charge in [0.25, 0.3) is 15.7 Å². The smallest absolute Gasteiger partial charge is 0.271 e. The van der Waals surface area contributed by atoms with E-state index in [2.05, 4.69) is 5.32 Å². The fourth-order valence-corrected chi connectivity index (χ4v) is 5.57. The molecule has 12 heteroatoms. The van der Waals surface area contributed by atoms with E-state index in [-0.39, 0.29) is 35.2 Å². The Hall–Kier alpha value is -4.32. The first-order chi connectivity index (χ1) is 19.4. The lowest BCUT2D eigenvalue weighted by atomic mass is 10.1. The summed E-state index contributed by atoms with van der Waals surface area (Å²) in [6.45, 7) is 5.11. The van der Waals surface area contributed by atoms with Crippen molar-refractivity contribution >= 4 is 33.2 Å². The number of non-ortho nitro benzene ring substituents is 1. The summed E-state index contributed by atoms with van der Waals surface area (Å²) in [6, 6.07) is 16.8. The molecule has 0 fully saturated rings. The number of nitro groups is 1. The van der Waals surface area contributed by atoms with Crippen LogP contribution >= 0.6 is 0 Å². The number of halogens is 1. The van der Waals surface area contributed by atoms with E-state index < -0.39 is 45.2 Å². The fraction of sp³-hybridized carbons (Fsp3) is 0.310. The first kappa shape index (κ1) is 31.2. The Balaban J connectivity index is 2.07. The van der Waals surface area contributed by atoms with E-state index in [1.54, 1.807) is 13.0 Å². The van der Waals surface area contributed by atoms with Crippen molar-refractivity contribution in [1.29, 1.82) is 0 Å². The zero-order chi connectivity index (χ0) is 30.2. The number of nitrogens with one attached hydrogen (secondary N) is 1.